The van der Waals surface area contributed by atoms with E-state index in [0.29, 0.717) is 11.6 Å². The normalized spacial score (nSPS) is 12.5. The average Bonchev–Trinajstić information content (AvgIpc) is 3.53. The highest BCUT2D eigenvalue weighted by atomic mass is 32.2. The van der Waals surface area contributed by atoms with Crippen LogP contribution < -0.4 is 10.3 Å². The quantitative estimate of drug-likeness (QED) is 0.0466. The van der Waals surface area contributed by atoms with E-state index in [9.17, 15) is 68.6 Å². The summed E-state index contributed by atoms with van der Waals surface area (Å²) >= 11 is 0. The second-order valence-corrected chi connectivity index (χ2v) is 16.8. The van der Waals surface area contributed by atoms with E-state index in [1.165, 1.54) is 44.4 Å². The lowest BCUT2D eigenvalue weighted by Gasteiger charge is -2.10. The highest BCUT2D eigenvalue weighted by Crippen LogP contribution is 2.44. The van der Waals surface area contributed by atoms with Crippen LogP contribution in [0.2, 0.25) is 0 Å². The second-order valence-electron chi connectivity index (χ2n) is 12.6. The van der Waals surface area contributed by atoms with E-state index >= 15 is 0 Å². The van der Waals surface area contributed by atoms with Gasteiger partial charge in [0.2, 0.25) is 0 Å². The summed E-state index contributed by atoms with van der Waals surface area (Å²) in [6, 6.07) is 14.0. The number of aromatic nitrogens is 2. The van der Waals surface area contributed by atoms with Gasteiger partial charge in [-0.1, -0.05) is 0 Å². The number of hydrogen-bond donors (Lipinski definition) is 7. The van der Waals surface area contributed by atoms with Crippen LogP contribution in [-0.4, -0.2) is 83.1 Å². The van der Waals surface area contributed by atoms with Gasteiger partial charge in [0.1, 0.15) is 27.7 Å². The zero-order valence-electron chi connectivity index (χ0n) is 31.1. The molecule has 0 unspecified atom stereocenters. The number of azo groups is 3. The number of phenols is 1. The number of methoxy groups -OCH3 is 1. The van der Waals surface area contributed by atoms with Gasteiger partial charge in [0.25, 0.3) is 35.9 Å². The monoisotopic (exact) mass is 910 g/mol. The van der Waals surface area contributed by atoms with Gasteiger partial charge in [-0.15, -0.1) is 20.5 Å². The maximum Gasteiger partial charge on any atom is 0.356 e. The molecular weight excluding hydrogens is 885 g/mol. The number of phenolic OH excluding ortho intramolecular Hbond substituents is 1. The predicted molar refractivity (Wildman–Crippen MR) is 212 cm³/mol. The molecule has 7 N–H and O–H groups in total. The third kappa shape index (κ3) is 9.11. The number of carboxylic acids is 2. The number of hydrogen-bond acceptors (Lipinski definition) is 17. The minimum absolute atomic E-state index is 0.0327. The summed E-state index contributed by atoms with van der Waals surface area (Å²) in [7, 11) is -13.2. The van der Waals surface area contributed by atoms with Crippen LogP contribution in [-0.2, 0) is 30.4 Å². The Balaban J connectivity index is 1.34. The third-order valence-electron chi connectivity index (χ3n) is 8.57. The van der Waals surface area contributed by atoms with Crippen LogP contribution in [0.15, 0.2) is 129 Å². The van der Waals surface area contributed by atoms with Crippen LogP contribution in [0.4, 0.5) is 34.1 Å². The first-order valence-corrected chi connectivity index (χ1v) is 21.0. The molecule has 0 fully saturated rings. The molecule has 0 saturated heterocycles. The van der Waals surface area contributed by atoms with Crippen molar-refractivity contribution in [3.8, 4) is 17.2 Å². The summed E-state index contributed by atoms with van der Waals surface area (Å²) in [5.41, 5.74) is -3.76. The van der Waals surface area contributed by atoms with Gasteiger partial charge < -0.3 is 20.1 Å². The minimum atomic E-state index is -5.14. The molecule has 1 heterocycles. The van der Waals surface area contributed by atoms with Crippen molar-refractivity contribution in [3.63, 3.8) is 0 Å². The van der Waals surface area contributed by atoms with Gasteiger partial charge in [-0.3, -0.25) is 23.6 Å². The Morgan fingerprint density at radius 2 is 1.27 bits per heavy atom. The lowest BCUT2D eigenvalue weighted by molar-refractivity contribution is 0.0682. The number of nitrogens with one attached hydrogen (secondary N) is 1. The van der Waals surface area contributed by atoms with E-state index < -0.39 is 90.9 Å². The van der Waals surface area contributed by atoms with Crippen molar-refractivity contribution in [2.45, 2.75) is 21.6 Å². The maximum absolute atomic E-state index is 13.2. The molecule has 0 atom stereocenters. The Morgan fingerprint density at radius 3 is 1.87 bits per heavy atom. The molecule has 0 bridgehead atoms. The number of nitrogens with zero attached hydrogens (tertiary/aromatic N) is 7. The molecule has 320 valence electrons. The molecule has 6 aromatic rings. The minimum Gasteiger partial charge on any atom is -0.505 e. The number of carbonyl (C=O) groups is 2. The molecule has 0 saturated carbocycles. The number of aryl methyl sites for hydroxylation is 1. The average molecular weight is 911 g/mol. The van der Waals surface area contributed by atoms with Crippen LogP contribution in [0.25, 0.3) is 16.5 Å². The first-order valence-electron chi connectivity index (χ1n) is 16.7. The molecule has 0 aliphatic heterocycles. The van der Waals surface area contributed by atoms with Crippen molar-refractivity contribution in [3.05, 3.63) is 106 Å². The Kier molecular flexibility index (Phi) is 11.7. The topological polar surface area (TPSA) is 379 Å². The number of H-pyrrole nitrogens is 1. The highest BCUT2D eigenvalue weighted by Gasteiger charge is 2.24. The van der Waals surface area contributed by atoms with Gasteiger partial charge >= 0.3 is 11.9 Å². The molecule has 0 aliphatic rings. The molecule has 0 amide bonds. The Labute approximate surface area is 347 Å². The van der Waals surface area contributed by atoms with Gasteiger partial charge in [0, 0.05) is 11.5 Å². The van der Waals surface area contributed by atoms with Crippen LogP contribution in [0.3, 0.4) is 0 Å². The van der Waals surface area contributed by atoms with Crippen molar-refractivity contribution in [1.82, 2.24) is 9.78 Å². The lowest BCUT2D eigenvalue weighted by Crippen LogP contribution is -2.14. The smallest absolute Gasteiger partial charge is 0.356 e. The van der Waals surface area contributed by atoms with Gasteiger partial charge in [-0.2, -0.15) is 35.5 Å². The van der Waals surface area contributed by atoms with Crippen molar-refractivity contribution in [2.75, 3.05) is 7.11 Å². The zero-order chi connectivity index (χ0) is 45.5. The first-order chi connectivity index (χ1) is 29.0. The molecule has 24 nitrogen and oxygen atoms in total. The van der Waals surface area contributed by atoms with E-state index in [4.69, 9.17) is 4.74 Å². The fourth-order valence-electron chi connectivity index (χ4n) is 5.58. The summed E-state index contributed by atoms with van der Waals surface area (Å²) in [4.78, 5) is 34.8. The SMILES string of the molecule is COc1cc(N=Nc2ccc(S(=O)(=O)O)cc2C(=O)O)c(C)cc1N=Nc1c(S(=O)(=O)O)cc2cc(N=Nc3c(C(=O)O)[nH]n(-c4ccc(S(=O)(=O)O)cc4)c3=O)ccc2c1O. The van der Waals surface area contributed by atoms with Gasteiger partial charge in [0.05, 0.1) is 39.5 Å². The lowest BCUT2D eigenvalue weighted by atomic mass is 10.1. The number of fused-ring (bicyclic) bond motifs is 1. The molecule has 1 aromatic heterocycles. The van der Waals surface area contributed by atoms with Crippen LogP contribution in [0.5, 0.6) is 11.5 Å². The van der Waals surface area contributed by atoms with E-state index in [1.807, 2.05) is 0 Å². The molecule has 0 spiro atoms. The van der Waals surface area contributed by atoms with Crippen LogP contribution >= 0.6 is 0 Å². The Morgan fingerprint density at radius 1 is 0.661 bits per heavy atom. The molecule has 0 radical (unpaired) electrons. The van der Waals surface area contributed by atoms with Gasteiger partial charge in [0.15, 0.2) is 17.1 Å². The molecule has 5 aromatic carbocycles. The van der Waals surface area contributed by atoms with Crippen LogP contribution in [0, 0.1) is 6.92 Å². The number of benzene rings is 5. The van der Waals surface area contributed by atoms with Crippen LogP contribution in [0.1, 0.15) is 26.4 Å². The van der Waals surface area contributed by atoms with E-state index in [1.54, 1.807) is 0 Å². The zero-order valence-corrected chi connectivity index (χ0v) is 33.6. The Bertz CT molecular complexity index is 3360. The fraction of sp³-hybridized carbons (Fsp3) is 0.0571. The van der Waals surface area contributed by atoms with Crippen molar-refractivity contribution >= 4 is 87.2 Å². The molecular formula is C35H26N8O16S3. The van der Waals surface area contributed by atoms with Gasteiger partial charge in [-0.05, 0) is 90.7 Å². The van der Waals surface area contributed by atoms with E-state index in [2.05, 4.69) is 35.8 Å². The molecule has 6 rings (SSSR count). The van der Waals surface area contributed by atoms with Crippen molar-refractivity contribution in [1.29, 1.82) is 0 Å². The molecule has 62 heavy (non-hydrogen) atoms. The summed E-state index contributed by atoms with van der Waals surface area (Å²) in [6.07, 6.45) is 0. The maximum atomic E-state index is 13.2. The number of aromatic amines is 1. The predicted octanol–water partition coefficient (Wildman–Crippen LogP) is 6.72. The van der Waals surface area contributed by atoms with Gasteiger partial charge in [-0.25, -0.2) is 14.3 Å². The molecule has 0 aliphatic carbocycles. The number of carboxylic acid groups (broad SMARTS) is 2. The third-order valence-corrected chi connectivity index (χ3v) is 11.2. The van der Waals surface area contributed by atoms with Crippen molar-refractivity contribution < 1.29 is 68.6 Å². The standard InChI is InChI=1S/C35H26N8O16S3/c1-16-11-26(27(59-2)15-25(16)38-37-24-10-8-21(61(53,54)55)14-23(24)34(46)47)39-40-29-28(62(56,57)58)13-17-12-18(3-9-22(17)32(29)44)36-41-30-31(35(48)49)42-43(33(30)45)19-4-6-20(7-5-19)60(50,51)52/h3-15,42,44H,1-2H3,(H,46,47)(H,48,49)(H,50,51,52)(H,53,54,55)(H,56,57,58). The van der Waals surface area contributed by atoms with Crippen molar-refractivity contribution in [2.24, 2.45) is 30.7 Å². The summed E-state index contributed by atoms with van der Waals surface area (Å²) < 4.78 is 106. The number of ether oxygens (including phenoxy) is 1. The Hall–Kier alpha value is -7.56. The fourth-order valence-corrected chi connectivity index (χ4v) is 7.22. The number of aromatic carboxylic acids is 2. The highest BCUT2D eigenvalue weighted by molar-refractivity contribution is 7.86. The summed E-state index contributed by atoms with van der Waals surface area (Å²) in [5, 5.41) is 56.1. The largest absolute Gasteiger partial charge is 0.505 e. The summed E-state index contributed by atoms with van der Waals surface area (Å²) in [6.45, 7) is 1.53. The molecule has 27 heteroatoms. The second kappa shape index (κ2) is 16.5. The first kappa shape index (κ1) is 44.0. The number of aromatic hydroxyl groups is 1. The van der Waals surface area contributed by atoms with E-state index in [-0.39, 0.29) is 45.0 Å². The summed E-state index contributed by atoms with van der Waals surface area (Å²) in [5.74, 6) is -4.00. The number of rotatable bonds is 13. The van der Waals surface area contributed by atoms with E-state index in [0.717, 1.165) is 47.1 Å².